The van der Waals surface area contributed by atoms with Crippen molar-refractivity contribution in [2.75, 3.05) is 46.9 Å². The van der Waals surface area contributed by atoms with E-state index in [0.29, 0.717) is 0 Å². The van der Waals surface area contributed by atoms with Gasteiger partial charge in [-0.05, 0) is 25.0 Å². The van der Waals surface area contributed by atoms with Crippen LogP contribution in [-0.2, 0) is 20.9 Å². The first kappa shape index (κ1) is 31.9. The van der Waals surface area contributed by atoms with Crippen molar-refractivity contribution in [3.8, 4) is 0 Å². The molecular formula is C21H28F6N4O6. The molecule has 37 heavy (non-hydrogen) atoms. The average Bonchev–Trinajstić information content (AvgIpc) is 2.79. The molecule has 0 aromatic carbocycles. The predicted octanol–water partition coefficient (Wildman–Crippen LogP) is 2.70. The largest absolute Gasteiger partial charge is 0.490 e. The second kappa shape index (κ2) is 13.4. The van der Waals surface area contributed by atoms with Crippen LogP contribution in [-0.4, -0.2) is 113 Å². The van der Waals surface area contributed by atoms with Crippen molar-refractivity contribution in [1.29, 1.82) is 0 Å². The molecule has 16 heteroatoms. The summed E-state index contributed by atoms with van der Waals surface area (Å²) in [5.74, 6) is -5.51. The van der Waals surface area contributed by atoms with Crippen LogP contribution >= 0.6 is 0 Å². The minimum atomic E-state index is -5.08. The highest BCUT2D eigenvalue weighted by molar-refractivity contribution is 5.74. The molecule has 3 heterocycles. The molecule has 0 bridgehead atoms. The van der Waals surface area contributed by atoms with Crippen LogP contribution in [0.2, 0.25) is 0 Å². The van der Waals surface area contributed by atoms with E-state index < -0.39 is 24.3 Å². The summed E-state index contributed by atoms with van der Waals surface area (Å²) < 4.78 is 69.6. The number of hydrogen-bond acceptors (Lipinski definition) is 6. The van der Waals surface area contributed by atoms with Crippen molar-refractivity contribution in [3.63, 3.8) is 0 Å². The summed E-state index contributed by atoms with van der Waals surface area (Å²) in [7, 11) is 3.61. The minimum absolute atomic E-state index is 0.0981. The van der Waals surface area contributed by atoms with Gasteiger partial charge in [0.2, 0.25) is 0 Å². The van der Waals surface area contributed by atoms with Crippen LogP contribution in [0.3, 0.4) is 0 Å². The average molecular weight is 546 g/mol. The van der Waals surface area contributed by atoms with Gasteiger partial charge in [-0.3, -0.25) is 9.88 Å². The van der Waals surface area contributed by atoms with Gasteiger partial charge in [0.1, 0.15) is 0 Å². The molecule has 2 amide bonds. The van der Waals surface area contributed by atoms with Gasteiger partial charge in [0.05, 0.1) is 17.9 Å². The summed E-state index contributed by atoms with van der Waals surface area (Å²) >= 11 is 0. The number of morpholine rings is 1. The van der Waals surface area contributed by atoms with Gasteiger partial charge in [0.15, 0.2) is 0 Å². The van der Waals surface area contributed by atoms with E-state index >= 15 is 0 Å². The van der Waals surface area contributed by atoms with Gasteiger partial charge in [-0.15, -0.1) is 0 Å². The van der Waals surface area contributed by atoms with Crippen molar-refractivity contribution in [2.45, 2.75) is 37.3 Å². The Balaban J connectivity index is 0.000000404. The number of ether oxygens (including phenoxy) is 1. The summed E-state index contributed by atoms with van der Waals surface area (Å²) in [5.41, 5.74) is 1.00. The van der Waals surface area contributed by atoms with Crippen LogP contribution in [0.1, 0.15) is 18.5 Å². The molecule has 2 saturated heterocycles. The molecule has 0 unspecified atom stereocenters. The van der Waals surface area contributed by atoms with Gasteiger partial charge in [0.25, 0.3) is 0 Å². The van der Waals surface area contributed by atoms with E-state index in [-0.39, 0.29) is 11.6 Å². The number of halogens is 6. The molecule has 10 nitrogen and oxygen atoms in total. The fourth-order valence-corrected chi connectivity index (χ4v) is 3.47. The summed E-state index contributed by atoms with van der Waals surface area (Å²) in [5, 5.41) is 14.2. The van der Waals surface area contributed by atoms with E-state index in [1.54, 1.807) is 19.0 Å². The van der Waals surface area contributed by atoms with Crippen molar-refractivity contribution < 1.29 is 55.7 Å². The maximum absolute atomic E-state index is 12.1. The Morgan fingerprint density at radius 1 is 1.00 bits per heavy atom. The molecular weight excluding hydrogens is 518 g/mol. The third kappa shape index (κ3) is 11.2. The van der Waals surface area contributed by atoms with E-state index in [4.69, 9.17) is 24.5 Å². The van der Waals surface area contributed by atoms with Crippen LogP contribution in [0.25, 0.3) is 0 Å². The van der Waals surface area contributed by atoms with Crippen LogP contribution in [0.5, 0.6) is 0 Å². The zero-order valence-corrected chi connectivity index (χ0v) is 20.1. The van der Waals surface area contributed by atoms with Crippen molar-refractivity contribution in [2.24, 2.45) is 0 Å². The summed E-state index contributed by atoms with van der Waals surface area (Å²) in [6.07, 6.45) is -6.51. The molecule has 0 saturated carbocycles. The molecule has 2 aliphatic heterocycles. The summed E-state index contributed by atoms with van der Waals surface area (Å²) in [6, 6.07) is 6.15. The Morgan fingerprint density at radius 3 is 1.92 bits per heavy atom. The maximum atomic E-state index is 12.1. The lowest BCUT2D eigenvalue weighted by atomic mass is 9.89. The monoisotopic (exact) mass is 546 g/mol. The Hall–Kier alpha value is -3.14. The number of piperidine rings is 1. The van der Waals surface area contributed by atoms with Gasteiger partial charge in [0, 0.05) is 53.0 Å². The van der Waals surface area contributed by atoms with E-state index in [1.807, 2.05) is 23.2 Å². The summed E-state index contributed by atoms with van der Waals surface area (Å²) in [6.45, 7) is 5.04. The molecule has 0 atom stereocenters. The lowest BCUT2D eigenvalue weighted by Gasteiger charge is -2.47. The normalized spacial score (nSPS) is 17.6. The maximum Gasteiger partial charge on any atom is 0.490 e. The fourth-order valence-electron chi connectivity index (χ4n) is 3.47. The Labute approximate surface area is 208 Å². The molecule has 2 fully saturated rings. The second-order valence-corrected chi connectivity index (χ2v) is 8.33. The van der Waals surface area contributed by atoms with E-state index in [2.05, 4.69) is 16.0 Å². The van der Waals surface area contributed by atoms with Crippen molar-refractivity contribution in [1.82, 2.24) is 19.7 Å². The first-order valence-corrected chi connectivity index (χ1v) is 10.8. The Bertz CT molecular complexity index is 866. The lowest BCUT2D eigenvalue weighted by molar-refractivity contribution is -0.193. The first-order chi connectivity index (χ1) is 17.0. The number of rotatable bonds is 2. The van der Waals surface area contributed by atoms with E-state index in [1.165, 1.54) is 0 Å². The molecule has 2 aliphatic rings. The number of carbonyl (C=O) groups excluding carboxylic acids is 1. The quantitative estimate of drug-likeness (QED) is 0.543. The summed E-state index contributed by atoms with van der Waals surface area (Å²) in [4.78, 5) is 40.3. The SMILES string of the molecule is CN(C)C(=O)N1CCC2(CC1)CN(Cc1ccccn1)CCO2.O=C(O)C(F)(F)F.O=C(O)C(F)(F)F. The third-order valence-corrected chi connectivity index (χ3v) is 5.25. The number of nitrogens with zero attached hydrogens (tertiary/aromatic N) is 4. The molecule has 210 valence electrons. The number of alkyl halides is 6. The number of urea groups is 1. The standard InChI is InChI=1S/C17H26N4O2.2C2HF3O2/c1-19(2)16(22)21-9-6-17(7-10-21)14-20(11-12-23-17)13-15-5-3-4-8-18-15;2*3-2(4,5)1(6)7/h3-5,8H,6-7,9-14H2,1-2H3;2*(H,6,7). The highest BCUT2D eigenvalue weighted by Crippen LogP contribution is 2.31. The number of hydrogen-bond donors (Lipinski definition) is 2. The molecule has 1 aromatic rings. The van der Waals surface area contributed by atoms with Gasteiger partial charge >= 0.3 is 30.3 Å². The van der Waals surface area contributed by atoms with Gasteiger partial charge in [-0.1, -0.05) is 6.07 Å². The molecule has 1 spiro atoms. The number of carbonyl (C=O) groups is 3. The van der Waals surface area contributed by atoms with Crippen LogP contribution < -0.4 is 0 Å². The predicted molar refractivity (Wildman–Crippen MR) is 115 cm³/mol. The number of amides is 2. The smallest absolute Gasteiger partial charge is 0.475 e. The highest BCUT2D eigenvalue weighted by atomic mass is 19.4. The molecule has 2 N–H and O–H groups in total. The molecule has 0 radical (unpaired) electrons. The van der Waals surface area contributed by atoms with Gasteiger partial charge in [-0.2, -0.15) is 26.3 Å². The number of aromatic nitrogens is 1. The van der Waals surface area contributed by atoms with Gasteiger partial charge < -0.3 is 24.7 Å². The minimum Gasteiger partial charge on any atom is -0.475 e. The van der Waals surface area contributed by atoms with Crippen LogP contribution in [0.4, 0.5) is 31.1 Å². The molecule has 1 aromatic heterocycles. The number of likely N-dealkylation sites (tertiary alicyclic amines) is 1. The molecule has 3 rings (SSSR count). The second-order valence-electron chi connectivity index (χ2n) is 8.33. The zero-order chi connectivity index (χ0) is 28.4. The van der Waals surface area contributed by atoms with E-state index in [0.717, 1.165) is 57.9 Å². The topological polar surface area (TPSA) is 124 Å². The Kier molecular flexibility index (Phi) is 11.6. The first-order valence-electron chi connectivity index (χ1n) is 10.8. The van der Waals surface area contributed by atoms with E-state index in [9.17, 15) is 31.1 Å². The Morgan fingerprint density at radius 2 is 1.51 bits per heavy atom. The number of carboxylic acid groups (broad SMARTS) is 2. The number of aliphatic carboxylic acids is 2. The fraction of sp³-hybridized carbons (Fsp3) is 0.619. The number of carboxylic acids is 2. The highest BCUT2D eigenvalue weighted by Gasteiger charge is 2.41. The third-order valence-electron chi connectivity index (χ3n) is 5.25. The van der Waals surface area contributed by atoms with Crippen LogP contribution in [0, 0.1) is 0 Å². The zero-order valence-electron chi connectivity index (χ0n) is 20.1. The van der Waals surface area contributed by atoms with Crippen LogP contribution in [0.15, 0.2) is 24.4 Å². The molecule has 0 aliphatic carbocycles. The number of pyridine rings is 1. The lowest BCUT2D eigenvalue weighted by Crippen LogP contribution is -2.58. The van der Waals surface area contributed by atoms with Gasteiger partial charge in [-0.25, -0.2) is 14.4 Å². The van der Waals surface area contributed by atoms with Crippen molar-refractivity contribution in [3.05, 3.63) is 30.1 Å². The van der Waals surface area contributed by atoms with Crippen molar-refractivity contribution >= 4 is 18.0 Å².